The summed E-state index contributed by atoms with van der Waals surface area (Å²) in [5.41, 5.74) is 2.70. The van der Waals surface area contributed by atoms with E-state index in [1.54, 1.807) is 0 Å². The number of hydrogen-bond acceptors (Lipinski definition) is 1. The number of benzene rings is 1. The van der Waals surface area contributed by atoms with Crippen LogP contribution in [0.5, 0.6) is 0 Å². The Kier molecular flexibility index (Phi) is 2.67. The van der Waals surface area contributed by atoms with E-state index in [1.807, 2.05) is 0 Å². The zero-order valence-corrected chi connectivity index (χ0v) is 8.62. The molecule has 1 saturated carbocycles. The molecule has 74 valence electrons. The summed E-state index contributed by atoms with van der Waals surface area (Å²) >= 11 is 0. The van der Waals surface area contributed by atoms with Gasteiger partial charge in [0.2, 0.25) is 0 Å². The number of carbonyl (C=O) groups excluding carboxylic acids is 1. The van der Waals surface area contributed by atoms with Crippen molar-refractivity contribution in [1.29, 1.82) is 0 Å². The normalized spacial score (nSPS) is 22.4. The molecule has 1 aromatic rings. The van der Waals surface area contributed by atoms with Gasteiger partial charge >= 0.3 is 0 Å². The summed E-state index contributed by atoms with van der Waals surface area (Å²) in [6, 6.07) is 8.43. The highest BCUT2D eigenvalue weighted by molar-refractivity contribution is 5.80. The molecule has 1 aliphatic rings. The van der Waals surface area contributed by atoms with Crippen LogP contribution in [-0.4, -0.2) is 5.78 Å². The van der Waals surface area contributed by atoms with Gasteiger partial charge in [0.05, 0.1) is 0 Å². The van der Waals surface area contributed by atoms with Gasteiger partial charge in [0.25, 0.3) is 0 Å². The maximum Gasteiger partial charge on any atom is 0.133 e. The van der Waals surface area contributed by atoms with Gasteiger partial charge in [-0.15, -0.1) is 0 Å². The van der Waals surface area contributed by atoms with Crippen LogP contribution in [0.25, 0.3) is 0 Å². The van der Waals surface area contributed by atoms with E-state index in [1.165, 1.54) is 17.5 Å². The number of carbonyl (C=O) groups is 1. The van der Waals surface area contributed by atoms with Gasteiger partial charge < -0.3 is 0 Å². The smallest absolute Gasteiger partial charge is 0.133 e. The molecule has 0 radical (unpaired) electrons. The van der Waals surface area contributed by atoms with Crippen LogP contribution in [-0.2, 0) is 4.79 Å². The summed E-state index contributed by atoms with van der Waals surface area (Å²) in [6.45, 7) is 2.13. The van der Waals surface area contributed by atoms with Crippen molar-refractivity contribution in [2.45, 2.75) is 38.5 Å². The molecule has 1 aromatic carbocycles. The molecule has 0 aromatic heterocycles. The Morgan fingerprint density at radius 1 is 1.29 bits per heavy atom. The van der Waals surface area contributed by atoms with Crippen molar-refractivity contribution < 1.29 is 4.79 Å². The summed E-state index contributed by atoms with van der Waals surface area (Å²) in [4.78, 5) is 11.4. The molecule has 0 N–H and O–H groups in total. The molecular formula is C13H16O. The first kappa shape index (κ1) is 9.45. The molecular weight excluding hydrogens is 172 g/mol. The third-order valence-corrected chi connectivity index (χ3v) is 3.11. The molecule has 1 aliphatic carbocycles. The van der Waals surface area contributed by atoms with Crippen LogP contribution in [0.1, 0.15) is 42.7 Å². The molecule has 0 amide bonds. The number of hydrogen-bond donors (Lipinski definition) is 0. The van der Waals surface area contributed by atoms with Crippen LogP contribution in [0.3, 0.4) is 0 Å². The first-order valence-electron chi connectivity index (χ1n) is 5.34. The Labute approximate surface area is 85.1 Å². The second-order valence-electron chi connectivity index (χ2n) is 4.19. The third kappa shape index (κ3) is 1.87. The van der Waals surface area contributed by atoms with Gasteiger partial charge in [-0.05, 0) is 36.8 Å². The van der Waals surface area contributed by atoms with E-state index in [9.17, 15) is 4.79 Å². The van der Waals surface area contributed by atoms with E-state index in [2.05, 4.69) is 31.2 Å². The second kappa shape index (κ2) is 3.95. The molecule has 2 rings (SSSR count). The molecule has 14 heavy (non-hydrogen) atoms. The maximum atomic E-state index is 11.4. The SMILES string of the molecule is Cc1ccccc1[C@H]1CCCC(=O)C1. The minimum Gasteiger partial charge on any atom is -0.300 e. The van der Waals surface area contributed by atoms with E-state index in [0.717, 1.165) is 19.3 Å². The Morgan fingerprint density at radius 3 is 2.79 bits per heavy atom. The standard InChI is InChI=1S/C13H16O/c1-10-5-2-3-8-13(10)11-6-4-7-12(14)9-11/h2-3,5,8,11H,4,6-7,9H2,1H3/t11-/m0/s1. The Balaban J connectivity index is 2.22. The molecule has 1 heteroatoms. The van der Waals surface area contributed by atoms with Crippen molar-refractivity contribution in [2.75, 3.05) is 0 Å². The average Bonchev–Trinajstić information content (AvgIpc) is 2.18. The summed E-state index contributed by atoms with van der Waals surface area (Å²) < 4.78 is 0. The number of Topliss-reactive ketones (excluding diaryl/α,β-unsaturated/α-hetero) is 1. The first-order valence-corrected chi connectivity index (χ1v) is 5.34. The van der Waals surface area contributed by atoms with Crippen molar-refractivity contribution >= 4 is 5.78 Å². The topological polar surface area (TPSA) is 17.1 Å². The zero-order valence-electron chi connectivity index (χ0n) is 8.62. The highest BCUT2D eigenvalue weighted by Crippen LogP contribution is 2.32. The molecule has 0 spiro atoms. The van der Waals surface area contributed by atoms with Gasteiger partial charge in [0.15, 0.2) is 0 Å². The maximum absolute atomic E-state index is 11.4. The third-order valence-electron chi connectivity index (χ3n) is 3.11. The van der Waals surface area contributed by atoms with Crippen molar-refractivity contribution in [2.24, 2.45) is 0 Å². The Morgan fingerprint density at radius 2 is 2.07 bits per heavy atom. The van der Waals surface area contributed by atoms with Gasteiger partial charge in [-0.2, -0.15) is 0 Å². The fraction of sp³-hybridized carbons (Fsp3) is 0.462. The number of ketones is 1. The van der Waals surface area contributed by atoms with E-state index in [-0.39, 0.29) is 0 Å². The molecule has 1 nitrogen and oxygen atoms in total. The highest BCUT2D eigenvalue weighted by atomic mass is 16.1. The van der Waals surface area contributed by atoms with Crippen LogP contribution >= 0.6 is 0 Å². The van der Waals surface area contributed by atoms with E-state index in [0.29, 0.717) is 11.7 Å². The summed E-state index contributed by atoms with van der Waals surface area (Å²) in [6.07, 6.45) is 3.79. The molecule has 0 heterocycles. The quantitative estimate of drug-likeness (QED) is 0.661. The predicted molar refractivity (Wildman–Crippen MR) is 57.4 cm³/mol. The average molecular weight is 188 g/mol. The molecule has 1 atom stereocenters. The van der Waals surface area contributed by atoms with E-state index >= 15 is 0 Å². The van der Waals surface area contributed by atoms with Crippen LogP contribution in [0.15, 0.2) is 24.3 Å². The minimum absolute atomic E-state index is 0.435. The van der Waals surface area contributed by atoms with Crippen LogP contribution in [0, 0.1) is 6.92 Å². The van der Waals surface area contributed by atoms with Crippen molar-refractivity contribution in [3.05, 3.63) is 35.4 Å². The van der Waals surface area contributed by atoms with Crippen LogP contribution < -0.4 is 0 Å². The molecule has 0 unspecified atom stereocenters. The molecule has 0 bridgehead atoms. The minimum atomic E-state index is 0.435. The highest BCUT2D eigenvalue weighted by Gasteiger charge is 2.21. The Hall–Kier alpha value is -1.11. The van der Waals surface area contributed by atoms with Gasteiger partial charge in [0, 0.05) is 12.8 Å². The van der Waals surface area contributed by atoms with Gasteiger partial charge in [0.1, 0.15) is 5.78 Å². The number of rotatable bonds is 1. The van der Waals surface area contributed by atoms with Crippen molar-refractivity contribution in [3.63, 3.8) is 0 Å². The largest absolute Gasteiger partial charge is 0.300 e. The lowest BCUT2D eigenvalue weighted by molar-refractivity contribution is -0.120. The predicted octanol–water partition coefficient (Wildman–Crippen LogP) is 3.22. The van der Waals surface area contributed by atoms with Gasteiger partial charge in [-0.25, -0.2) is 0 Å². The summed E-state index contributed by atoms with van der Waals surface area (Å²) in [7, 11) is 0. The van der Waals surface area contributed by atoms with Crippen molar-refractivity contribution in [3.8, 4) is 0 Å². The van der Waals surface area contributed by atoms with Gasteiger partial charge in [-0.3, -0.25) is 4.79 Å². The van der Waals surface area contributed by atoms with E-state index in [4.69, 9.17) is 0 Å². The fourth-order valence-electron chi connectivity index (χ4n) is 2.33. The Bertz CT molecular complexity index is 341. The number of aryl methyl sites for hydroxylation is 1. The van der Waals surface area contributed by atoms with Crippen LogP contribution in [0.4, 0.5) is 0 Å². The van der Waals surface area contributed by atoms with E-state index < -0.39 is 0 Å². The lowest BCUT2D eigenvalue weighted by Gasteiger charge is -2.22. The molecule has 0 aliphatic heterocycles. The van der Waals surface area contributed by atoms with Gasteiger partial charge in [-0.1, -0.05) is 24.3 Å². The first-order chi connectivity index (χ1) is 6.77. The zero-order chi connectivity index (χ0) is 9.97. The monoisotopic (exact) mass is 188 g/mol. The molecule has 0 saturated heterocycles. The molecule has 1 fully saturated rings. The lowest BCUT2D eigenvalue weighted by atomic mass is 9.82. The lowest BCUT2D eigenvalue weighted by Crippen LogP contribution is -2.14. The fourth-order valence-corrected chi connectivity index (χ4v) is 2.33. The second-order valence-corrected chi connectivity index (χ2v) is 4.19. The summed E-state index contributed by atoms with van der Waals surface area (Å²) in [5, 5.41) is 0. The van der Waals surface area contributed by atoms with Crippen LogP contribution in [0.2, 0.25) is 0 Å². The summed E-state index contributed by atoms with van der Waals surface area (Å²) in [5.74, 6) is 0.918. The van der Waals surface area contributed by atoms with Crippen molar-refractivity contribution in [1.82, 2.24) is 0 Å².